The average molecular weight is 355 g/mol. The molecule has 0 radical (unpaired) electrons. The normalized spacial score (nSPS) is 12.0. The number of hydrogen-bond acceptors (Lipinski definition) is 4. The summed E-state index contributed by atoms with van der Waals surface area (Å²) in [6, 6.07) is 8.17. The Morgan fingerprint density at radius 1 is 1.33 bits per heavy atom. The highest BCUT2D eigenvalue weighted by molar-refractivity contribution is 9.10. The number of nitrogens with zero attached hydrogens (tertiary/aromatic N) is 1. The van der Waals surface area contributed by atoms with Gasteiger partial charge in [-0.2, -0.15) is 0 Å². The number of hydrogen-bond donors (Lipinski definition) is 1. The average Bonchev–Trinajstić information content (AvgIpc) is 2.40. The van der Waals surface area contributed by atoms with Crippen LogP contribution >= 0.6 is 15.9 Å². The lowest BCUT2D eigenvalue weighted by Gasteiger charge is -2.10. The second-order valence-electron chi connectivity index (χ2n) is 4.48. The predicted molar refractivity (Wildman–Crippen MR) is 79.9 cm³/mol. The van der Waals surface area contributed by atoms with Crippen molar-refractivity contribution in [3.63, 3.8) is 0 Å². The molecular weight excluding hydrogens is 343 g/mol. The second-order valence-corrected chi connectivity index (χ2v) is 5.40. The Bertz CT molecular complexity index is 692. The molecule has 2 N–H and O–H groups in total. The van der Waals surface area contributed by atoms with Gasteiger partial charge >= 0.3 is 0 Å². The van der Waals surface area contributed by atoms with Crippen LogP contribution < -0.4 is 10.5 Å². The first-order chi connectivity index (χ1) is 9.86. The van der Waals surface area contributed by atoms with Gasteiger partial charge in [-0.15, -0.1) is 0 Å². The number of nitrogens with two attached hydrogens (primary N) is 1. The molecule has 21 heavy (non-hydrogen) atoms. The lowest BCUT2D eigenvalue weighted by Crippen LogP contribution is -2.05. The molecule has 110 valence electrons. The number of benzene rings is 2. The molecule has 1 atom stereocenters. The maximum absolute atomic E-state index is 13.9. The highest BCUT2D eigenvalue weighted by Gasteiger charge is 2.13. The van der Waals surface area contributed by atoms with Crippen LogP contribution in [0.1, 0.15) is 18.5 Å². The van der Waals surface area contributed by atoms with Gasteiger partial charge in [0.1, 0.15) is 5.75 Å². The number of nitro groups is 1. The van der Waals surface area contributed by atoms with Gasteiger partial charge in [0.15, 0.2) is 11.6 Å². The van der Waals surface area contributed by atoms with Gasteiger partial charge < -0.3 is 10.5 Å². The minimum Gasteiger partial charge on any atom is -0.454 e. The zero-order valence-electron chi connectivity index (χ0n) is 11.0. The molecule has 0 bridgehead atoms. The molecule has 0 fully saturated rings. The number of ether oxygens (including phenoxy) is 1. The monoisotopic (exact) mass is 354 g/mol. The molecular formula is C14H12BrFN2O3. The van der Waals surface area contributed by atoms with Gasteiger partial charge in [0.05, 0.1) is 11.0 Å². The summed E-state index contributed by atoms with van der Waals surface area (Å²) in [6.07, 6.45) is 0. The third-order valence-electron chi connectivity index (χ3n) is 2.78. The molecule has 2 aromatic carbocycles. The standard InChI is InChI=1S/C14H12BrFN2O3/c1-8(17)9-2-3-14(13(16)4-9)21-12-6-10(15)5-11(7-12)18(19)20/h2-8H,17H2,1H3/t8-/m1/s1. The molecule has 0 unspecified atom stereocenters. The Morgan fingerprint density at radius 2 is 2.05 bits per heavy atom. The van der Waals surface area contributed by atoms with E-state index in [1.54, 1.807) is 13.0 Å². The van der Waals surface area contributed by atoms with E-state index in [4.69, 9.17) is 10.5 Å². The van der Waals surface area contributed by atoms with Crippen molar-refractivity contribution in [2.45, 2.75) is 13.0 Å². The maximum atomic E-state index is 13.9. The van der Waals surface area contributed by atoms with Gasteiger partial charge in [0, 0.05) is 16.6 Å². The summed E-state index contributed by atoms with van der Waals surface area (Å²) in [4.78, 5) is 10.2. The van der Waals surface area contributed by atoms with E-state index in [0.717, 1.165) is 0 Å². The van der Waals surface area contributed by atoms with Gasteiger partial charge in [-0.25, -0.2) is 4.39 Å². The Kier molecular flexibility index (Phi) is 4.54. The van der Waals surface area contributed by atoms with Crippen molar-refractivity contribution in [2.24, 2.45) is 5.73 Å². The van der Waals surface area contributed by atoms with Gasteiger partial charge in [-0.1, -0.05) is 22.0 Å². The largest absolute Gasteiger partial charge is 0.454 e. The summed E-state index contributed by atoms with van der Waals surface area (Å²) in [5, 5.41) is 10.8. The fraction of sp³-hybridized carbons (Fsp3) is 0.143. The van der Waals surface area contributed by atoms with Crippen molar-refractivity contribution in [2.75, 3.05) is 0 Å². The lowest BCUT2D eigenvalue weighted by atomic mass is 10.1. The molecule has 2 aromatic rings. The van der Waals surface area contributed by atoms with Gasteiger partial charge in [0.2, 0.25) is 0 Å². The van der Waals surface area contributed by atoms with Gasteiger partial charge in [-0.3, -0.25) is 10.1 Å². The second kappa shape index (κ2) is 6.19. The molecule has 0 heterocycles. The summed E-state index contributed by atoms with van der Waals surface area (Å²) in [6.45, 7) is 1.74. The topological polar surface area (TPSA) is 78.4 Å². The SMILES string of the molecule is C[C@@H](N)c1ccc(Oc2cc(Br)cc([N+](=O)[O-])c2)c(F)c1. The smallest absolute Gasteiger partial charge is 0.274 e. The first-order valence-corrected chi connectivity index (χ1v) is 6.84. The fourth-order valence-electron chi connectivity index (χ4n) is 1.72. The summed E-state index contributed by atoms with van der Waals surface area (Å²) >= 11 is 3.15. The van der Waals surface area contributed by atoms with E-state index in [1.165, 1.54) is 30.3 Å². The minimum atomic E-state index is -0.576. The lowest BCUT2D eigenvalue weighted by molar-refractivity contribution is -0.385. The van der Waals surface area contributed by atoms with E-state index in [1.807, 2.05) is 0 Å². The molecule has 0 amide bonds. The summed E-state index contributed by atoms with van der Waals surface area (Å²) in [7, 11) is 0. The van der Waals surface area contributed by atoms with Crippen molar-refractivity contribution in [3.8, 4) is 11.5 Å². The van der Waals surface area contributed by atoms with E-state index in [9.17, 15) is 14.5 Å². The highest BCUT2D eigenvalue weighted by atomic mass is 79.9. The van der Waals surface area contributed by atoms with Crippen molar-refractivity contribution >= 4 is 21.6 Å². The molecule has 2 rings (SSSR count). The number of non-ortho nitro benzene ring substituents is 1. The number of nitro benzene ring substituents is 1. The van der Waals surface area contributed by atoms with Crippen LogP contribution in [-0.4, -0.2) is 4.92 Å². The van der Waals surface area contributed by atoms with Crippen LogP contribution in [0.5, 0.6) is 11.5 Å². The van der Waals surface area contributed by atoms with Crippen LogP contribution in [0.3, 0.4) is 0 Å². The predicted octanol–water partition coefficient (Wildman–Crippen LogP) is 4.31. The summed E-state index contributed by atoms with van der Waals surface area (Å²) < 4.78 is 19.8. The molecule has 0 aliphatic rings. The van der Waals surface area contributed by atoms with Crippen molar-refractivity contribution in [1.82, 2.24) is 0 Å². The van der Waals surface area contributed by atoms with Crippen molar-refractivity contribution < 1.29 is 14.1 Å². The number of halogens is 2. The van der Waals surface area contributed by atoms with E-state index in [0.29, 0.717) is 10.0 Å². The van der Waals surface area contributed by atoms with Crippen molar-refractivity contribution in [3.05, 3.63) is 62.4 Å². The molecule has 0 saturated heterocycles. The van der Waals surface area contributed by atoms with Crippen LogP contribution in [0.25, 0.3) is 0 Å². The fourth-order valence-corrected chi connectivity index (χ4v) is 2.18. The number of rotatable bonds is 4. The first-order valence-electron chi connectivity index (χ1n) is 6.04. The molecule has 0 saturated carbocycles. The zero-order chi connectivity index (χ0) is 15.6. The molecule has 5 nitrogen and oxygen atoms in total. The maximum Gasteiger partial charge on any atom is 0.274 e. The zero-order valence-corrected chi connectivity index (χ0v) is 12.6. The van der Waals surface area contributed by atoms with Crippen LogP contribution in [0.2, 0.25) is 0 Å². The molecule has 0 aromatic heterocycles. The van der Waals surface area contributed by atoms with E-state index >= 15 is 0 Å². The van der Waals surface area contributed by atoms with Crippen LogP contribution in [0, 0.1) is 15.9 Å². The quantitative estimate of drug-likeness (QED) is 0.655. The van der Waals surface area contributed by atoms with E-state index in [-0.39, 0.29) is 23.2 Å². The Labute approximate surface area is 128 Å². The Hall–Kier alpha value is -1.99. The molecule has 0 aliphatic carbocycles. The molecule has 7 heteroatoms. The van der Waals surface area contributed by atoms with E-state index < -0.39 is 10.7 Å². The highest BCUT2D eigenvalue weighted by Crippen LogP contribution is 2.31. The summed E-state index contributed by atoms with van der Waals surface area (Å²) in [5.41, 5.74) is 6.16. The van der Waals surface area contributed by atoms with Gasteiger partial charge in [-0.05, 0) is 30.7 Å². The Balaban J connectivity index is 2.32. The van der Waals surface area contributed by atoms with Crippen LogP contribution in [0.4, 0.5) is 10.1 Å². The third kappa shape index (κ3) is 3.77. The first kappa shape index (κ1) is 15.4. The van der Waals surface area contributed by atoms with E-state index in [2.05, 4.69) is 15.9 Å². The third-order valence-corrected chi connectivity index (χ3v) is 3.23. The van der Waals surface area contributed by atoms with Crippen LogP contribution in [0.15, 0.2) is 40.9 Å². The Morgan fingerprint density at radius 3 is 2.62 bits per heavy atom. The molecule has 0 spiro atoms. The van der Waals surface area contributed by atoms with Gasteiger partial charge in [0.25, 0.3) is 5.69 Å². The van der Waals surface area contributed by atoms with Crippen LogP contribution in [-0.2, 0) is 0 Å². The minimum absolute atomic E-state index is 0.0215. The van der Waals surface area contributed by atoms with Crippen molar-refractivity contribution in [1.29, 1.82) is 0 Å². The molecule has 0 aliphatic heterocycles. The summed E-state index contributed by atoms with van der Waals surface area (Å²) in [5.74, 6) is -0.428.